The molecule has 44 heavy (non-hydrogen) atoms. The molecule has 2 aromatic carbocycles. The molecule has 8 rings (SSSR count). The molecule has 0 radical (unpaired) electrons. The Morgan fingerprint density at radius 2 is 1.50 bits per heavy atom. The molecule has 2 aliphatic carbocycles. The first kappa shape index (κ1) is 27.4. The van der Waals surface area contributed by atoms with Crippen molar-refractivity contribution >= 4 is 22.9 Å². The summed E-state index contributed by atoms with van der Waals surface area (Å²) in [6.45, 7) is 9.72. The fraction of sp³-hybridized carbons (Fsp3) is 0.471. The number of hydrogen-bond acceptors (Lipinski definition) is 8. The molecule has 1 amide bonds. The highest BCUT2D eigenvalue weighted by molar-refractivity contribution is 5.98. The van der Waals surface area contributed by atoms with Gasteiger partial charge in [-0.2, -0.15) is 5.10 Å². The molecule has 2 saturated carbocycles. The number of anilines is 1. The van der Waals surface area contributed by atoms with Gasteiger partial charge in [0.1, 0.15) is 34.9 Å². The maximum atomic E-state index is 12.4. The Morgan fingerprint density at radius 3 is 2.18 bits per heavy atom. The molecule has 10 nitrogen and oxygen atoms in total. The van der Waals surface area contributed by atoms with E-state index in [0.717, 1.165) is 72.8 Å². The van der Waals surface area contributed by atoms with E-state index in [1.54, 1.807) is 0 Å². The van der Waals surface area contributed by atoms with Gasteiger partial charge in [0.15, 0.2) is 5.65 Å². The van der Waals surface area contributed by atoms with Crippen LogP contribution < -0.4 is 10.5 Å². The van der Waals surface area contributed by atoms with Crippen molar-refractivity contribution < 1.29 is 14.3 Å². The number of fused-ring (bicyclic) bond motifs is 1. The van der Waals surface area contributed by atoms with Crippen molar-refractivity contribution in [2.75, 3.05) is 31.9 Å². The third-order valence-corrected chi connectivity index (χ3v) is 9.94. The molecule has 4 aromatic rings. The Labute approximate surface area is 257 Å². The minimum absolute atomic E-state index is 0.176. The summed E-state index contributed by atoms with van der Waals surface area (Å²) >= 11 is 0. The van der Waals surface area contributed by atoms with Crippen molar-refractivity contribution in [1.82, 2.24) is 29.5 Å². The normalized spacial score (nSPS) is 21.0. The van der Waals surface area contributed by atoms with Crippen LogP contribution in [0.15, 0.2) is 60.9 Å². The highest BCUT2D eigenvalue weighted by atomic mass is 16.6. The molecule has 4 aliphatic rings. The summed E-state index contributed by atoms with van der Waals surface area (Å²) in [5.74, 6) is 2.01. The van der Waals surface area contributed by atoms with E-state index < -0.39 is 5.60 Å². The standard InChI is InChI=1S/C34H39N7O3/c1-32(2,3)44-31(42)40-19-33(20-40)13-23(14-33)39-17-34(18-39)15-24(16-34)41-30-27(29(35)36-21-37-30)28(38-41)22-9-11-26(12-10-22)43-25-7-5-4-6-8-25/h4-12,21,23-24H,13-20H2,1-3H3,(H2,35,36,37). The monoisotopic (exact) mass is 593 g/mol. The lowest BCUT2D eigenvalue weighted by Gasteiger charge is -2.67. The van der Waals surface area contributed by atoms with Crippen LogP contribution in [0.5, 0.6) is 11.5 Å². The van der Waals surface area contributed by atoms with Gasteiger partial charge in [0.2, 0.25) is 0 Å². The van der Waals surface area contributed by atoms with Crippen molar-refractivity contribution in [1.29, 1.82) is 0 Å². The van der Waals surface area contributed by atoms with Crippen LogP contribution in [-0.4, -0.2) is 73.5 Å². The number of para-hydroxylation sites is 1. The smallest absolute Gasteiger partial charge is 0.410 e. The van der Waals surface area contributed by atoms with E-state index >= 15 is 0 Å². The van der Waals surface area contributed by atoms with Gasteiger partial charge in [-0.3, -0.25) is 4.90 Å². The van der Waals surface area contributed by atoms with E-state index in [9.17, 15) is 4.79 Å². The molecule has 2 N–H and O–H groups in total. The fourth-order valence-corrected chi connectivity index (χ4v) is 7.88. The predicted molar refractivity (Wildman–Crippen MR) is 167 cm³/mol. The van der Waals surface area contributed by atoms with Gasteiger partial charge >= 0.3 is 6.09 Å². The number of amides is 1. The molecule has 2 spiro atoms. The van der Waals surface area contributed by atoms with E-state index in [1.807, 2.05) is 80.3 Å². The summed E-state index contributed by atoms with van der Waals surface area (Å²) in [4.78, 5) is 25.8. The highest BCUT2D eigenvalue weighted by Crippen LogP contribution is 2.59. The molecule has 2 saturated heterocycles. The maximum Gasteiger partial charge on any atom is 0.410 e. The fourth-order valence-electron chi connectivity index (χ4n) is 7.88. The van der Waals surface area contributed by atoms with Gasteiger partial charge in [-0.1, -0.05) is 18.2 Å². The van der Waals surface area contributed by atoms with E-state index in [2.05, 4.69) is 19.5 Å². The van der Waals surface area contributed by atoms with Crippen LogP contribution in [0.25, 0.3) is 22.3 Å². The van der Waals surface area contributed by atoms with Gasteiger partial charge < -0.3 is 20.1 Å². The van der Waals surface area contributed by atoms with Crippen molar-refractivity contribution in [3.8, 4) is 22.8 Å². The minimum Gasteiger partial charge on any atom is -0.457 e. The van der Waals surface area contributed by atoms with Gasteiger partial charge in [-0.25, -0.2) is 19.4 Å². The van der Waals surface area contributed by atoms with Crippen molar-refractivity contribution in [2.24, 2.45) is 10.8 Å². The summed E-state index contributed by atoms with van der Waals surface area (Å²) in [5, 5.41) is 5.89. The third-order valence-electron chi connectivity index (χ3n) is 9.94. The zero-order chi connectivity index (χ0) is 30.3. The molecular weight excluding hydrogens is 554 g/mol. The second-order valence-electron chi connectivity index (χ2n) is 14.6. The van der Waals surface area contributed by atoms with E-state index in [1.165, 1.54) is 19.2 Å². The molecule has 0 atom stereocenters. The van der Waals surface area contributed by atoms with Crippen molar-refractivity contribution in [3.63, 3.8) is 0 Å². The number of nitrogen functional groups attached to an aromatic ring is 1. The van der Waals surface area contributed by atoms with E-state index in [4.69, 9.17) is 20.3 Å². The summed E-state index contributed by atoms with van der Waals surface area (Å²) in [6, 6.07) is 18.6. The first-order valence-corrected chi connectivity index (χ1v) is 15.6. The second-order valence-corrected chi connectivity index (χ2v) is 14.6. The topological polar surface area (TPSA) is 112 Å². The zero-order valence-corrected chi connectivity index (χ0v) is 25.6. The summed E-state index contributed by atoms with van der Waals surface area (Å²) in [5.41, 5.74) is 9.18. The molecule has 10 heteroatoms. The quantitative estimate of drug-likeness (QED) is 0.304. The average molecular weight is 594 g/mol. The van der Waals surface area contributed by atoms with Crippen molar-refractivity contribution in [2.45, 2.75) is 64.1 Å². The maximum absolute atomic E-state index is 12.4. The number of ether oxygens (including phenoxy) is 2. The Balaban J connectivity index is 0.896. The van der Waals surface area contributed by atoms with Crippen LogP contribution >= 0.6 is 0 Å². The van der Waals surface area contributed by atoms with E-state index in [-0.39, 0.29) is 6.09 Å². The molecule has 228 valence electrons. The second kappa shape index (κ2) is 9.66. The molecule has 4 fully saturated rings. The highest BCUT2D eigenvalue weighted by Gasteiger charge is 2.61. The summed E-state index contributed by atoms with van der Waals surface area (Å²) in [6.07, 6.45) is 5.92. The summed E-state index contributed by atoms with van der Waals surface area (Å²) < 4.78 is 13.6. The van der Waals surface area contributed by atoms with Gasteiger partial charge in [0.05, 0.1) is 11.4 Å². The zero-order valence-electron chi connectivity index (χ0n) is 25.6. The van der Waals surface area contributed by atoms with Gasteiger partial charge in [-0.15, -0.1) is 0 Å². The number of carbonyl (C=O) groups is 1. The van der Waals surface area contributed by atoms with Gasteiger partial charge in [0, 0.05) is 43.2 Å². The third kappa shape index (κ3) is 4.67. The van der Waals surface area contributed by atoms with Crippen LogP contribution in [0.2, 0.25) is 0 Å². The van der Waals surface area contributed by atoms with Gasteiger partial charge in [0.25, 0.3) is 0 Å². The Bertz CT molecular complexity index is 1700. The Kier molecular flexibility index (Phi) is 6.01. The SMILES string of the molecule is CC(C)(C)OC(=O)N1CC2(CC(N3CC4(CC(n5nc(-c6ccc(Oc7ccccc7)cc6)c6c(N)ncnc65)C4)C3)C2)C1. The van der Waals surface area contributed by atoms with E-state index in [0.29, 0.717) is 28.7 Å². The number of likely N-dealkylation sites (tertiary alicyclic amines) is 2. The molecule has 2 aliphatic heterocycles. The lowest BCUT2D eigenvalue weighted by atomic mass is 9.56. The number of nitrogens with two attached hydrogens (primary N) is 1. The van der Waals surface area contributed by atoms with Crippen LogP contribution in [-0.2, 0) is 4.74 Å². The molecule has 0 bridgehead atoms. The van der Waals surface area contributed by atoms with Crippen LogP contribution in [0.1, 0.15) is 52.5 Å². The number of benzene rings is 2. The van der Waals surface area contributed by atoms with Gasteiger partial charge in [-0.05, 0) is 88.3 Å². The molecule has 2 aromatic heterocycles. The largest absolute Gasteiger partial charge is 0.457 e. The number of nitrogens with zero attached hydrogens (tertiary/aromatic N) is 6. The Morgan fingerprint density at radius 1 is 0.864 bits per heavy atom. The molecule has 0 unspecified atom stereocenters. The predicted octanol–water partition coefficient (Wildman–Crippen LogP) is 5.90. The first-order valence-electron chi connectivity index (χ1n) is 15.6. The van der Waals surface area contributed by atoms with Crippen LogP contribution in [0.3, 0.4) is 0 Å². The summed E-state index contributed by atoms with van der Waals surface area (Å²) in [7, 11) is 0. The lowest BCUT2D eigenvalue weighted by molar-refractivity contribution is -0.170. The van der Waals surface area contributed by atoms with Crippen molar-refractivity contribution in [3.05, 3.63) is 60.9 Å². The first-order chi connectivity index (χ1) is 21.1. The number of rotatable bonds is 5. The van der Waals surface area contributed by atoms with Crippen LogP contribution in [0, 0.1) is 10.8 Å². The number of carbonyl (C=O) groups excluding carboxylic acids is 1. The minimum atomic E-state index is -0.443. The molecule has 4 heterocycles. The molecular formula is C34H39N7O3. The lowest BCUT2D eigenvalue weighted by Crippen LogP contribution is -2.72. The average Bonchev–Trinajstić information content (AvgIpc) is 3.27. The Hall–Kier alpha value is -4.18. The van der Waals surface area contributed by atoms with Crippen LogP contribution in [0.4, 0.5) is 10.6 Å². The number of aromatic nitrogens is 4. The number of hydrogen-bond donors (Lipinski definition) is 1.